The molecule has 1 aliphatic rings. The first kappa shape index (κ1) is 18.5. The Morgan fingerprint density at radius 1 is 1.21 bits per heavy atom. The van der Waals surface area contributed by atoms with Gasteiger partial charge in [-0.3, -0.25) is 9.59 Å². The standard InChI is InChI=1S/C18H30N4O2/c1-12(2)9-10-19-17(24)15-20-14(16(23)21-18(3,4)5)13-8-6-7-11-22(13)15/h12H,6-11H2,1-5H3,(H,19,24)(H,21,23). The van der Waals surface area contributed by atoms with E-state index < -0.39 is 0 Å². The van der Waals surface area contributed by atoms with Gasteiger partial charge >= 0.3 is 0 Å². The number of rotatable bonds is 5. The molecule has 0 atom stereocenters. The van der Waals surface area contributed by atoms with Gasteiger partial charge in [-0.05, 0) is 52.4 Å². The van der Waals surface area contributed by atoms with E-state index in [4.69, 9.17) is 0 Å². The first-order valence-corrected chi connectivity index (χ1v) is 8.89. The molecule has 0 spiro atoms. The molecule has 0 bridgehead atoms. The lowest BCUT2D eigenvalue weighted by molar-refractivity contribution is 0.0913. The summed E-state index contributed by atoms with van der Waals surface area (Å²) in [6.07, 6.45) is 3.75. The van der Waals surface area contributed by atoms with Gasteiger partial charge in [-0.25, -0.2) is 4.98 Å². The average molecular weight is 334 g/mol. The second kappa shape index (κ2) is 7.36. The van der Waals surface area contributed by atoms with Crippen molar-refractivity contribution < 1.29 is 9.59 Å². The number of hydrogen-bond acceptors (Lipinski definition) is 3. The van der Waals surface area contributed by atoms with Gasteiger partial charge in [-0.2, -0.15) is 0 Å². The van der Waals surface area contributed by atoms with Gasteiger partial charge in [0, 0.05) is 18.6 Å². The summed E-state index contributed by atoms with van der Waals surface area (Å²) in [5.74, 6) is 0.517. The molecule has 134 valence electrons. The Morgan fingerprint density at radius 3 is 2.54 bits per heavy atom. The van der Waals surface area contributed by atoms with Gasteiger partial charge in [0.1, 0.15) is 5.69 Å². The maximum Gasteiger partial charge on any atom is 0.287 e. The molecular formula is C18H30N4O2. The lowest BCUT2D eigenvalue weighted by atomic mass is 10.1. The topological polar surface area (TPSA) is 76.0 Å². The fourth-order valence-electron chi connectivity index (χ4n) is 2.85. The third-order valence-electron chi connectivity index (χ3n) is 4.03. The zero-order chi connectivity index (χ0) is 17.9. The second-order valence-electron chi connectivity index (χ2n) is 7.98. The van der Waals surface area contributed by atoms with E-state index in [0.29, 0.717) is 24.0 Å². The molecule has 0 fully saturated rings. The Balaban J connectivity index is 2.23. The first-order chi connectivity index (χ1) is 11.2. The van der Waals surface area contributed by atoms with Gasteiger partial charge in [0.2, 0.25) is 0 Å². The number of aromatic nitrogens is 2. The fraction of sp³-hybridized carbons (Fsp3) is 0.722. The van der Waals surface area contributed by atoms with Crippen LogP contribution >= 0.6 is 0 Å². The SMILES string of the molecule is CC(C)CCNC(=O)c1nc(C(=O)NC(C)(C)C)c2n1CCCC2. The third kappa shape index (κ3) is 4.58. The normalized spacial score (nSPS) is 14.4. The van der Waals surface area contributed by atoms with Crippen LogP contribution in [0.2, 0.25) is 0 Å². The molecule has 1 aromatic heterocycles. The van der Waals surface area contributed by atoms with Crippen molar-refractivity contribution in [2.45, 2.75) is 72.4 Å². The predicted molar refractivity (Wildman–Crippen MR) is 94.2 cm³/mol. The highest BCUT2D eigenvalue weighted by Gasteiger charge is 2.28. The highest BCUT2D eigenvalue weighted by Crippen LogP contribution is 2.21. The van der Waals surface area contributed by atoms with Crippen molar-refractivity contribution >= 4 is 11.8 Å². The summed E-state index contributed by atoms with van der Waals surface area (Å²) >= 11 is 0. The fourth-order valence-corrected chi connectivity index (χ4v) is 2.85. The van der Waals surface area contributed by atoms with Crippen LogP contribution in [0, 0.1) is 5.92 Å². The van der Waals surface area contributed by atoms with E-state index in [9.17, 15) is 9.59 Å². The summed E-state index contributed by atoms with van der Waals surface area (Å²) in [5.41, 5.74) is 0.956. The van der Waals surface area contributed by atoms with Gasteiger partial charge in [-0.15, -0.1) is 0 Å². The quantitative estimate of drug-likeness (QED) is 0.869. The molecule has 0 saturated carbocycles. The zero-order valence-corrected chi connectivity index (χ0v) is 15.5. The van der Waals surface area contributed by atoms with Crippen molar-refractivity contribution in [3.63, 3.8) is 0 Å². The van der Waals surface area contributed by atoms with Crippen LogP contribution in [0.25, 0.3) is 0 Å². The smallest absolute Gasteiger partial charge is 0.287 e. The van der Waals surface area contributed by atoms with Crippen molar-refractivity contribution in [2.75, 3.05) is 6.54 Å². The Kier molecular flexibility index (Phi) is 5.67. The summed E-state index contributed by atoms with van der Waals surface area (Å²) in [6.45, 7) is 11.4. The third-order valence-corrected chi connectivity index (χ3v) is 4.03. The molecule has 0 radical (unpaired) electrons. The Labute approximate surface area is 144 Å². The van der Waals surface area contributed by atoms with Crippen molar-refractivity contribution in [3.8, 4) is 0 Å². The zero-order valence-electron chi connectivity index (χ0n) is 15.5. The number of amides is 2. The first-order valence-electron chi connectivity index (χ1n) is 8.89. The molecular weight excluding hydrogens is 304 g/mol. The number of carbonyl (C=O) groups excluding carboxylic acids is 2. The average Bonchev–Trinajstić information content (AvgIpc) is 2.84. The largest absolute Gasteiger partial charge is 0.349 e. The maximum atomic E-state index is 12.6. The van der Waals surface area contributed by atoms with Gasteiger partial charge in [0.05, 0.1) is 5.69 Å². The second-order valence-corrected chi connectivity index (χ2v) is 7.98. The summed E-state index contributed by atoms with van der Waals surface area (Å²) in [5, 5.41) is 5.88. The van der Waals surface area contributed by atoms with E-state index in [-0.39, 0.29) is 17.4 Å². The summed E-state index contributed by atoms with van der Waals surface area (Å²) in [4.78, 5) is 29.5. The minimum Gasteiger partial charge on any atom is -0.349 e. The molecule has 24 heavy (non-hydrogen) atoms. The molecule has 1 aliphatic heterocycles. The summed E-state index contributed by atoms with van der Waals surface area (Å²) in [6, 6.07) is 0. The van der Waals surface area contributed by atoms with Crippen LogP contribution in [-0.2, 0) is 13.0 Å². The molecule has 0 unspecified atom stereocenters. The molecule has 2 rings (SSSR count). The van der Waals surface area contributed by atoms with E-state index in [0.717, 1.165) is 37.9 Å². The van der Waals surface area contributed by atoms with Gasteiger partial charge in [-0.1, -0.05) is 13.8 Å². The number of carbonyl (C=O) groups is 2. The molecule has 0 saturated heterocycles. The molecule has 6 nitrogen and oxygen atoms in total. The predicted octanol–water partition coefficient (Wildman–Crippen LogP) is 2.52. The molecule has 2 heterocycles. The van der Waals surface area contributed by atoms with Crippen LogP contribution in [0.1, 0.15) is 80.7 Å². The van der Waals surface area contributed by atoms with Crippen molar-refractivity contribution in [3.05, 3.63) is 17.2 Å². The molecule has 6 heteroatoms. The monoisotopic (exact) mass is 334 g/mol. The molecule has 0 aromatic carbocycles. The van der Waals surface area contributed by atoms with Crippen molar-refractivity contribution in [2.24, 2.45) is 5.92 Å². The lowest BCUT2D eigenvalue weighted by Crippen LogP contribution is -2.41. The van der Waals surface area contributed by atoms with Crippen LogP contribution in [0.15, 0.2) is 0 Å². The van der Waals surface area contributed by atoms with Crippen LogP contribution in [0.4, 0.5) is 0 Å². The Bertz CT molecular complexity index is 611. The highest BCUT2D eigenvalue weighted by atomic mass is 16.2. The van der Waals surface area contributed by atoms with Crippen molar-refractivity contribution in [1.29, 1.82) is 0 Å². The number of hydrogen-bond donors (Lipinski definition) is 2. The number of nitrogens with one attached hydrogen (secondary N) is 2. The maximum absolute atomic E-state index is 12.6. The summed E-state index contributed by atoms with van der Waals surface area (Å²) in [7, 11) is 0. The molecule has 1 aromatic rings. The Morgan fingerprint density at radius 2 is 1.92 bits per heavy atom. The van der Waals surface area contributed by atoms with Crippen LogP contribution < -0.4 is 10.6 Å². The van der Waals surface area contributed by atoms with Crippen LogP contribution in [0.3, 0.4) is 0 Å². The molecule has 2 N–H and O–H groups in total. The van der Waals surface area contributed by atoms with Crippen LogP contribution in [0.5, 0.6) is 0 Å². The number of imidazole rings is 1. The lowest BCUT2D eigenvalue weighted by Gasteiger charge is -2.21. The van der Waals surface area contributed by atoms with Gasteiger partial charge < -0.3 is 15.2 Å². The minimum atomic E-state index is -0.331. The molecule has 2 amide bonds. The van der Waals surface area contributed by atoms with E-state index in [1.807, 2.05) is 25.3 Å². The summed E-state index contributed by atoms with van der Waals surface area (Å²) < 4.78 is 1.92. The van der Waals surface area contributed by atoms with E-state index in [1.165, 1.54) is 0 Å². The van der Waals surface area contributed by atoms with Crippen LogP contribution in [-0.4, -0.2) is 33.4 Å². The number of fused-ring (bicyclic) bond motifs is 1. The van der Waals surface area contributed by atoms with E-state index >= 15 is 0 Å². The Hall–Kier alpha value is -1.85. The van der Waals surface area contributed by atoms with Crippen molar-refractivity contribution in [1.82, 2.24) is 20.2 Å². The molecule has 0 aliphatic carbocycles. The van der Waals surface area contributed by atoms with E-state index in [2.05, 4.69) is 29.5 Å². The highest BCUT2D eigenvalue weighted by molar-refractivity contribution is 5.97. The van der Waals surface area contributed by atoms with Gasteiger partial charge in [0.25, 0.3) is 11.8 Å². The van der Waals surface area contributed by atoms with E-state index in [1.54, 1.807) is 0 Å². The number of nitrogens with zero attached hydrogens (tertiary/aromatic N) is 2. The van der Waals surface area contributed by atoms with Gasteiger partial charge in [0.15, 0.2) is 5.82 Å². The minimum absolute atomic E-state index is 0.186.